The minimum atomic E-state index is -0.270. The molecule has 2 nitrogen and oxygen atoms in total. The van der Waals surface area contributed by atoms with Gasteiger partial charge >= 0.3 is 0 Å². The fourth-order valence-electron chi connectivity index (χ4n) is 1.74. The molecule has 0 amide bonds. The minimum Gasteiger partial charge on any atom is -0.487 e. The second kappa shape index (κ2) is 6.04. The first-order valence-corrected chi connectivity index (χ1v) is 6.34. The topological polar surface area (TPSA) is 35.2 Å². The molecule has 0 fully saturated rings. The van der Waals surface area contributed by atoms with Crippen LogP contribution in [0.3, 0.4) is 0 Å². The maximum Gasteiger partial charge on any atom is 0.138 e. The van der Waals surface area contributed by atoms with E-state index in [-0.39, 0.29) is 12.4 Å². The Bertz CT molecular complexity index is 586. The van der Waals surface area contributed by atoms with Crippen LogP contribution in [-0.2, 0) is 13.2 Å². The SMILES string of the molecule is Cc1ccc(F)cc1COc1ccc(CN)cc1Cl. The zero-order chi connectivity index (χ0) is 13.8. The molecule has 2 aromatic carbocycles. The van der Waals surface area contributed by atoms with Crippen molar-refractivity contribution in [2.24, 2.45) is 5.73 Å². The molecule has 0 aliphatic heterocycles. The van der Waals surface area contributed by atoms with E-state index in [0.717, 1.165) is 16.7 Å². The second-order valence-corrected chi connectivity index (χ2v) is 4.74. The van der Waals surface area contributed by atoms with Gasteiger partial charge in [0, 0.05) is 6.54 Å². The molecule has 100 valence electrons. The van der Waals surface area contributed by atoms with Gasteiger partial charge in [0.25, 0.3) is 0 Å². The van der Waals surface area contributed by atoms with Gasteiger partial charge in [-0.1, -0.05) is 23.7 Å². The normalized spacial score (nSPS) is 10.5. The van der Waals surface area contributed by atoms with E-state index in [0.29, 0.717) is 17.3 Å². The van der Waals surface area contributed by atoms with Crippen molar-refractivity contribution in [2.75, 3.05) is 0 Å². The lowest BCUT2D eigenvalue weighted by atomic mass is 10.1. The largest absolute Gasteiger partial charge is 0.487 e. The van der Waals surface area contributed by atoms with Gasteiger partial charge in [-0.3, -0.25) is 0 Å². The van der Waals surface area contributed by atoms with Gasteiger partial charge in [0.1, 0.15) is 18.2 Å². The van der Waals surface area contributed by atoms with Crippen LogP contribution in [-0.4, -0.2) is 0 Å². The lowest BCUT2D eigenvalue weighted by molar-refractivity contribution is 0.305. The van der Waals surface area contributed by atoms with Crippen molar-refractivity contribution < 1.29 is 9.13 Å². The number of benzene rings is 2. The number of rotatable bonds is 4. The van der Waals surface area contributed by atoms with E-state index in [4.69, 9.17) is 22.1 Å². The molecule has 2 N–H and O–H groups in total. The fourth-order valence-corrected chi connectivity index (χ4v) is 2.00. The zero-order valence-corrected chi connectivity index (χ0v) is 11.4. The number of ether oxygens (including phenoxy) is 1. The average molecular weight is 280 g/mol. The third kappa shape index (κ3) is 3.46. The molecule has 0 unspecified atom stereocenters. The van der Waals surface area contributed by atoms with Crippen molar-refractivity contribution in [1.82, 2.24) is 0 Å². The predicted octanol–water partition coefficient (Wildman–Crippen LogP) is 3.83. The summed E-state index contributed by atoms with van der Waals surface area (Å²) in [5.41, 5.74) is 8.26. The van der Waals surface area contributed by atoms with E-state index < -0.39 is 0 Å². The van der Waals surface area contributed by atoms with Gasteiger partial charge in [0.05, 0.1) is 5.02 Å². The Kier molecular flexibility index (Phi) is 4.40. The lowest BCUT2D eigenvalue weighted by Crippen LogP contribution is -2.00. The van der Waals surface area contributed by atoms with Crippen LogP contribution in [0, 0.1) is 12.7 Å². The summed E-state index contributed by atoms with van der Waals surface area (Å²) in [7, 11) is 0. The molecule has 0 aliphatic carbocycles. The molecule has 0 heterocycles. The average Bonchev–Trinajstić information content (AvgIpc) is 2.40. The Morgan fingerprint density at radius 1 is 1.21 bits per heavy atom. The first-order valence-electron chi connectivity index (χ1n) is 5.96. The Hall–Kier alpha value is -1.58. The van der Waals surface area contributed by atoms with E-state index in [2.05, 4.69) is 0 Å². The van der Waals surface area contributed by atoms with Crippen molar-refractivity contribution in [3.8, 4) is 5.75 Å². The first kappa shape index (κ1) is 13.8. The quantitative estimate of drug-likeness (QED) is 0.923. The Balaban J connectivity index is 2.12. The molecule has 2 rings (SSSR count). The Morgan fingerprint density at radius 2 is 2.00 bits per heavy atom. The lowest BCUT2D eigenvalue weighted by Gasteiger charge is -2.11. The minimum absolute atomic E-state index is 0.270. The summed E-state index contributed by atoms with van der Waals surface area (Å²) < 4.78 is 18.8. The highest BCUT2D eigenvalue weighted by Gasteiger charge is 2.05. The molecule has 0 atom stereocenters. The summed E-state index contributed by atoms with van der Waals surface area (Å²) in [5.74, 6) is 0.302. The highest BCUT2D eigenvalue weighted by molar-refractivity contribution is 6.32. The van der Waals surface area contributed by atoms with Gasteiger partial charge in [-0.2, -0.15) is 0 Å². The zero-order valence-electron chi connectivity index (χ0n) is 10.6. The number of hydrogen-bond acceptors (Lipinski definition) is 2. The van der Waals surface area contributed by atoms with Gasteiger partial charge in [0.15, 0.2) is 0 Å². The maximum atomic E-state index is 13.2. The second-order valence-electron chi connectivity index (χ2n) is 4.33. The molecule has 0 aliphatic rings. The molecule has 2 aromatic rings. The molecule has 0 spiro atoms. The fraction of sp³-hybridized carbons (Fsp3) is 0.200. The van der Waals surface area contributed by atoms with E-state index in [9.17, 15) is 4.39 Å². The summed E-state index contributed by atoms with van der Waals surface area (Å²) in [6, 6.07) is 10.0. The summed E-state index contributed by atoms with van der Waals surface area (Å²) in [6.45, 7) is 2.63. The summed E-state index contributed by atoms with van der Waals surface area (Å²) in [5, 5.41) is 0.511. The van der Waals surface area contributed by atoms with Crippen LogP contribution >= 0.6 is 11.6 Å². The van der Waals surface area contributed by atoms with Crippen LogP contribution in [0.4, 0.5) is 4.39 Å². The molecule has 0 saturated heterocycles. The summed E-state index contributed by atoms with van der Waals surface area (Å²) in [6.07, 6.45) is 0. The van der Waals surface area contributed by atoms with Crippen LogP contribution in [0.5, 0.6) is 5.75 Å². The van der Waals surface area contributed by atoms with Crippen LogP contribution in [0.1, 0.15) is 16.7 Å². The Labute approximate surface area is 117 Å². The highest BCUT2D eigenvalue weighted by atomic mass is 35.5. The molecule has 0 bridgehead atoms. The molecule has 0 radical (unpaired) electrons. The van der Waals surface area contributed by atoms with Crippen molar-refractivity contribution in [3.05, 3.63) is 63.9 Å². The highest BCUT2D eigenvalue weighted by Crippen LogP contribution is 2.26. The summed E-state index contributed by atoms with van der Waals surface area (Å²) in [4.78, 5) is 0. The smallest absolute Gasteiger partial charge is 0.138 e. The van der Waals surface area contributed by atoms with Crippen molar-refractivity contribution in [1.29, 1.82) is 0 Å². The monoisotopic (exact) mass is 279 g/mol. The van der Waals surface area contributed by atoms with Crippen molar-refractivity contribution in [3.63, 3.8) is 0 Å². The number of nitrogens with two attached hydrogens (primary N) is 1. The van der Waals surface area contributed by atoms with Crippen molar-refractivity contribution in [2.45, 2.75) is 20.1 Å². The van der Waals surface area contributed by atoms with E-state index in [1.165, 1.54) is 12.1 Å². The van der Waals surface area contributed by atoms with Gasteiger partial charge in [0.2, 0.25) is 0 Å². The van der Waals surface area contributed by atoms with Crippen LogP contribution in [0.15, 0.2) is 36.4 Å². The first-order chi connectivity index (χ1) is 9.10. The van der Waals surface area contributed by atoms with Gasteiger partial charge < -0.3 is 10.5 Å². The number of halogens is 2. The summed E-state index contributed by atoms with van der Waals surface area (Å²) >= 11 is 6.09. The van der Waals surface area contributed by atoms with E-state index in [1.54, 1.807) is 18.2 Å². The third-order valence-corrected chi connectivity index (χ3v) is 3.22. The van der Waals surface area contributed by atoms with Crippen LogP contribution in [0.25, 0.3) is 0 Å². The van der Waals surface area contributed by atoms with Crippen molar-refractivity contribution >= 4 is 11.6 Å². The molecule has 0 saturated carbocycles. The number of hydrogen-bond donors (Lipinski definition) is 1. The maximum absolute atomic E-state index is 13.2. The molecule has 4 heteroatoms. The third-order valence-electron chi connectivity index (χ3n) is 2.93. The van der Waals surface area contributed by atoms with Crippen LogP contribution in [0.2, 0.25) is 5.02 Å². The van der Waals surface area contributed by atoms with E-state index >= 15 is 0 Å². The van der Waals surface area contributed by atoms with Gasteiger partial charge in [-0.25, -0.2) is 4.39 Å². The molecule has 19 heavy (non-hydrogen) atoms. The molecular weight excluding hydrogens is 265 g/mol. The van der Waals surface area contributed by atoms with E-state index in [1.807, 2.05) is 13.0 Å². The Morgan fingerprint density at radius 3 is 2.68 bits per heavy atom. The van der Waals surface area contributed by atoms with Crippen LogP contribution < -0.4 is 10.5 Å². The van der Waals surface area contributed by atoms with Gasteiger partial charge in [-0.15, -0.1) is 0 Å². The standard InChI is InChI=1S/C15H15ClFNO/c1-10-2-4-13(17)7-12(10)9-19-15-5-3-11(8-18)6-14(15)16/h2-7H,8-9,18H2,1H3. The molecular formula is C15H15ClFNO. The number of aryl methyl sites for hydroxylation is 1. The van der Waals surface area contributed by atoms with Gasteiger partial charge in [-0.05, 0) is 47.9 Å². The predicted molar refractivity (Wildman–Crippen MR) is 74.8 cm³/mol. The molecule has 0 aromatic heterocycles.